The van der Waals surface area contributed by atoms with Crippen molar-refractivity contribution in [2.45, 2.75) is 39.7 Å². The fraction of sp³-hybridized carbons (Fsp3) is 0.562. The van der Waals surface area contributed by atoms with Crippen molar-refractivity contribution in [2.75, 3.05) is 13.6 Å². The Kier molecular flexibility index (Phi) is 6.68. The fourth-order valence-electron chi connectivity index (χ4n) is 2.23. The predicted octanol–water partition coefficient (Wildman–Crippen LogP) is 2.26. The van der Waals surface area contributed by atoms with Crippen molar-refractivity contribution in [2.24, 2.45) is 11.8 Å². The third-order valence-corrected chi connectivity index (χ3v) is 3.79. The molecule has 4 nitrogen and oxygen atoms in total. The molecule has 1 aromatic rings. The van der Waals surface area contributed by atoms with E-state index in [1.54, 1.807) is 0 Å². The van der Waals surface area contributed by atoms with Crippen molar-refractivity contribution in [3.63, 3.8) is 0 Å². The lowest BCUT2D eigenvalue weighted by atomic mass is 9.99. The van der Waals surface area contributed by atoms with Gasteiger partial charge in [-0.2, -0.15) is 0 Å². The highest BCUT2D eigenvalue weighted by molar-refractivity contribution is 5.82. The predicted molar refractivity (Wildman–Crippen MR) is 83.0 cm³/mol. The fourth-order valence-corrected chi connectivity index (χ4v) is 2.23. The minimum Gasteiger partial charge on any atom is -0.302 e. The molecule has 0 aliphatic rings. The molecule has 20 heavy (non-hydrogen) atoms. The highest BCUT2D eigenvalue weighted by Crippen LogP contribution is 2.17. The van der Waals surface area contributed by atoms with Gasteiger partial charge in [-0.05, 0) is 31.0 Å². The zero-order valence-electron chi connectivity index (χ0n) is 13.0. The number of hydrazine groups is 1. The van der Waals surface area contributed by atoms with E-state index < -0.39 is 0 Å². The number of hydrogen-bond donors (Lipinski definition) is 2. The van der Waals surface area contributed by atoms with Crippen molar-refractivity contribution in [1.82, 2.24) is 10.3 Å². The van der Waals surface area contributed by atoms with Crippen LogP contribution in [0.2, 0.25) is 0 Å². The molecule has 2 atom stereocenters. The lowest BCUT2D eigenvalue weighted by molar-refractivity contribution is -0.122. The number of amides is 1. The van der Waals surface area contributed by atoms with Crippen LogP contribution in [-0.4, -0.2) is 24.4 Å². The van der Waals surface area contributed by atoms with Gasteiger partial charge in [0.05, 0.1) is 5.92 Å². The molecule has 0 radical (unpaired) electrons. The van der Waals surface area contributed by atoms with Gasteiger partial charge < -0.3 is 4.90 Å². The first-order valence-electron chi connectivity index (χ1n) is 7.25. The molecule has 4 heteroatoms. The molecular weight excluding hydrogens is 250 g/mol. The van der Waals surface area contributed by atoms with E-state index >= 15 is 0 Å². The standard InChI is InChI=1S/C16H27N3O/c1-5-12(2)10-19(4)11-14-6-8-15(9-7-14)13(3)16(20)18-17/h6-9,12-13H,5,10-11,17H2,1-4H3,(H,18,20). The van der Waals surface area contributed by atoms with E-state index in [0.29, 0.717) is 5.92 Å². The number of rotatable bonds is 7. The van der Waals surface area contributed by atoms with Gasteiger partial charge in [0.2, 0.25) is 5.91 Å². The van der Waals surface area contributed by atoms with Crippen molar-refractivity contribution in [1.29, 1.82) is 0 Å². The van der Waals surface area contributed by atoms with Gasteiger partial charge in [-0.1, -0.05) is 44.5 Å². The summed E-state index contributed by atoms with van der Waals surface area (Å²) in [5.41, 5.74) is 4.44. The zero-order chi connectivity index (χ0) is 15.1. The smallest absolute Gasteiger partial charge is 0.241 e. The molecule has 0 spiro atoms. The maximum absolute atomic E-state index is 11.5. The Morgan fingerprint density at radius 2 is 1.90 bits per heavy atom. The summed E-state index contributed by atoms with van der Waals surface area (Å²) in [7, 11) is 2.14. The van der Waals surface area contributed by atoms with Crippen LogP contribution >= 0.6 is 0 Å². The molecular formula is C16H27N3O. The highest BCUT2D eigenvalue weighted by atomic mass is 16.2. The van der Waals surface area contributed by atoms with E-state index in [-0.39, 0.29) is 11.8 Å². The van der Waals surface area contributed by atoms with Crippen molar-refractivity contribution >= 4 is 5.91 Å². The molecule has 1 aromatic carbocycles. The first kappa shape index (κ1) is 16.7. The van der Waals surface area contributed by atoms with Crippen LogP contribution in [0.15, 0.2) is 24.3 Å². The summed E-state index contributed by atoms with van der Waals surface area (Å²) in [5.74, 6) is 5.50. The molecule has 3 N–H and O–H groups in total. The number of benzene rings is 1. The van der Waals surface area contributed by atoms with Gasteiger partial charge >= 0.3 is 0 Å². The number of nitrogens with zero attached hydrogens (tertiary/aromatic N) is 1. The molecule has 0 saturated carbocycles. The van der Waals surface area contributed by atoms with Gasteiger partial charge in [0.15, 0.2) is 0 Å². The van der Waals surface area contributed by atoms with Gasteiger partial charge in [0.1, 0.15) is 0 Å². The molecule has 0 aliphatic heterocycles. The number of hydrogen-bond acceptors (Lipinski definition) is 3. The minimum atomic E-state index is -0.216. The second kappa shape index (κ2) is 8.02. The van der Waals surface area contributed by atoms with Crippen molar-refractivity contribution in [3.8, 4) is 0 Å². The third kappa shape index (κ3) is 4.94. The van der Waals surface area contributed by atoms with Crippen molar-refractivity contribution in [3.05, 3.63) is 35.4 Å². The summed E-state index contributed by atoms with van der Waals surface area (Å²) in [6.45, 7) is 8.38. The summed E-state index contributed by atoms with van der Waals surface area (Å²) in [5, 5.41) is 0. The summed E-state index contributed by atoms with van der Waals surface area (Å²) in [6.07, 6.45) is 1.20. The lowest BCUT2D eigenvalue weighted by Crippen LogP contribution is -2.33. The van der Waals surface area contributed by atoms with Crippen LogP contribution < -0.4 is 11.3 Å². The second-order valence-corrected chi connectivity index (χ2v) is 5.68. The topological polar surface area (TPSA) is 58.4 Å². The molecule has 0 bridgehead atoms. The Labute approximate surface area is 122 Å². The lowest BCUT2D eigenvalue weighted by Gasteiger charge is -2.20. The summed E-state index contributed by atoms with van der Waals surface area (Å²) < 4.78 is 0. The van der Waals surface area contributed by atoms with E-state index in [0.717, 1.165) is 18.7 Å². The molecule has 0 fully saturated rings. The SMILES string of the molecule is CCC(C)CN(C)Cc1ccc(C(C)C(=O)NN)cc1. The quantitative estimate of drug-likeness (QED) is 0.456. The molecule has 1 amide bonds. The molecule has 0 heterocycles. The summed E-state index contributed by atoms with van der Waals surface area (Å²) in [6, 6.07) is 8.18. The van der Waals surface area contributed by atoms with Gasteiger partial charge in [-0.25, -0.2) is 5.84 Å². The van der Waals surface area contributed by atoms with E-state index in [4.69, 9.17) is 5.84 Å². The monoisotopic (exact) mass is 277 g/mol. The van der Waals surface area contributed by atoms with Gasteiger partial charge in [-0.15, -0.1) is 0 Å². The first-order valence-corrected chi connectivity index (χ1v) is 7.25. The zero-order valence-corrected chi connectivity index (χ0v) is 13.0. The molecule has 2 unspecified atom stereocenters. The Bertz CT molecular complexity index is 416. The first-order chi connectivity index (χ1) is 9.47. The Morgan fingerprint density at radius 3 is 2.40 bits per heavy atom. The summed E-state index contributed by atoms with van der Waals surface area (Å²) in [4.78, 5) is 13.8. The number of carbonyl (C=O) groups is 1. The molecule has 0 aliphatic carbocycles. The van der Waals surface area contributed by atoms with Crippen LogP contribution in [0.4, 0.5) is 0 Å². The van der Waals surface area contributed by atoms with Crippen molar-refractivity contribution < 1.29 is 4.79 Å². The van der Waals surface area contributed by atoms with Gasteiger partial charge in [0.25, 0.3) is 0 Å². The van der Waals surface area contributed by atoms with Crippen LogP contribution in [0.3, 0.4) is 0 Å². The van der Waals surface area contributed by atoms with Crippen LogP contribution in [0.1, 0.15) is 44.2 Å². The van der Waals surface area contributed by atoms with Crippen LogP contribution in [0.25, 0.3) is 0 Å². The normalized spacial score (nSPS) is 14.1. The van der Waals surface area contributed by atoms with Gasteiger partial charge in [-0.3, -0.25) is 10.2 Å². The number of nitrogens with two attached hydrogens (primary N) is 1. The molecule has 0 saturated heterocycles. The molecule has 0 aromatic heterocycles. The Balaban J connectivity index is 2.60. The highest BCUT2D eigenvalue weighted by Gasteiger charge is 2.13. The average Bonchev–Trinajstić information content (AvgIpc) is 2.46. The van der Waals surface area contributed by atoms with E-state index in [1.165, 1.54) is 12.0 Å². The van der Waals surface area contributed by atoms with E-state index in [2.05, 4.69) is 43.4 Å². The van der Waals surface area contributed by atoms with Crippen LogP contribution in [0, 0.1) is 5.92 Å². The maximum atomic E-state index is 11.5. The van der Waals surface area contributed by atoms with E-state index in [9.17, 15) is 4.79 Å². The number of nitrogens with one attached hydrogen (secondary N) is 1. The largest absolute Gasteiger partial charge is 0.302 e. The Hall–Kier alpha value is -1.39. The summed E-state index contributed by atoms with van der Waals surface area (Å²) >= 11 is 0. The number of carbonyl (C=O) groups excluding carboxylic acids is 1. The van der Waals surface area contributed by atoms with Gasteiger partial charge in [0, 0.05) is 13.1 Å². The van der Waals surface area contributed by atoms with Crippen LogP contribution in [-0.2, 0) is 11.3 Å². The maximum Gasteiger partial charge on any atom is 0.241 e. The minimum absolute atomic E-state index is 0.161. The Morgan fingerprint density at radius 1 is 1.30 bits per heavy atom. The van der Waals surface area contributed by atoms with Crippen LogP contribution in [0.5, 0.6) is 0 Å². The van der Waals surface area contributed by atoms with E-state index in [1.807, 2.05) is 19.1 Å². The third-order valence-electron chi connectivity index (χ3n) is 3.79. The second-order valence-electron chi connectivity index (χ2n) is 5.68. The molecule has 1 rings (SSSR count). The average molecular weight is 277 g/mol. The molecule has 112 valence electrons.